The number of para-hydroxylation sites is 1. The van der Waals surface area contributed by atoms with Gasteiger partial charge in [0.2, 0.25) is 5.91 Å². The second-order valence-electron chi connectivity index (χ2n) is 6.14. The molecule has 0 spiro atoms. The molecule has 0 saturated heterocycles. The average Bonchev–Trinajstić information content (AvgIpc) is 3.17. The number of nitrogens with zero attached hydrogens (tertiary/aromatic N) is 1. The van der Waals surface area contributed by atoms with Crippen molar-refractivity contribution < 1.29 is 9.53 Å². The van der Waals surface area contributed by atoms with E-state index in [1.54, 1.807) is 24.5 Å². The lowest BCUT2D eigenvalue weighted by Gasteiger charge is -2.10. The molecule has 1 aromatic heterocycles. The highest BCUT2D eigenvalue weighted by atomic mass is 32.1. The van der Waals surface area contributed by atoms with Gasteiger partial charge in [-0.15, -0.1) is 11.3 Å². The van der Waals surface area contributed by atoms with Crippen molar-refractivity contribution in [2.75, 3.05) is 12.4 Å². The van der Waals surface area contributed by atoms with Gasteiger partial charge < -0.3 is 10.1 Å². The van der Waals surface area contributed by atoms with Gasteiger partial charge in [-0.05, 0) is 42.0 Å². The van der Waals surface area contributed by atoms with E-state index < -0.39 is 0 Å². The molecular weight excluding hydrogens is 368 g/mol. The molecule has 0 aliphatic rings. The quantitative estimate of drug-likeness (QED) is 0.453. The number of rotatable bonds is 5. The van der Waals surface area contributed by atoms with Crippen LogP contribution < -0.4 is 10.1 Å². The van der Waals surface area contributed by atoms with Gasteiger partial charge in [0.1, 0.15) is 10.8 Å². The maximum Gasteiger partial charge on any atom is 0.248 e. The van der Waals surface area contributed by atoms with Gasteiger partial charge >= 0.3 is 0 Å². The highest BCUT2D eigenvalue weighted by molar-refractivity contribution is 7.21. The molecule has 0 atom stereocenters. The number of nitrogens with one attached hydrogen (secondary N) is 1. The van der Waals surface area contributed by atoms with Crippen molar-refractivity contribution in [2.45, 2.75) is 0 Å². The molecule has 0 bridgehead atoms. The fourth-order valence-corrected chi connectivity index (χ4v) is 3.81. The predicted molar refractivity (Wildman–Crippen MR) is 116 cm³/mol. The van der Waals surface area contributed by atoms with E-state index in [0.29, 0.717) is 11.4 Å². The summed E-state index contributed by atoms with van der Waals surface area (Å²) in [5.74, 6) is 0.384. The largest absolute Gasteiger partial charge is 0.495 e. The van der Waals surface area contributed by atoms with E-state index in [2.05, 4.69) is 16.4 Å². The minimum absolute atomic E-state index is 0.219. The topological polar surface area (TPSA) is 51.2 Å². The second-order valence-corrected chi connectivity index (χ2v) is 7.17. The zero-order chi connectivity index (χ0) is 19.3. The van der Waals surface area contributed by atoms with Crippen LogP contribution >= 0.6 is 11.3 Å². The first-order valence-electron chi connectivity index (χ1n) is 8.81. The fraction of sp³-hybridized carbons (Fsp3) is 0.0435. The van der Waals surface area contributed by atoms with Crippen LogP contribution in [0, 0.1) is 0 Å². The van der Waals surface area contributed by atoms with Crippen LogP contribution in [0.5, 0.6) is 5.75 Å². The Morgan fingerprint density at radius 3 is 2.61 bits per heavy atom. The number of carbonyl (C=O) groups is 1. The van der Waals surface area contributed by atoms with Crippen molar-refractivity contribution in [1.82, 2.24) is 4.98 Å². The number of anilines is 1. The molecule has 1 N–H and O–H groups in total. The third-order valence-corrected chi connectivity index (χ3v) is 5.31. The van der Waals surface area contributed by atoms with Crippen LogP contribution in [0.25, 0.3) is 26.9 Å². The monoisotopic (exact) mass is 386 g/mol. The van der Waals surface area contributed by atoms with Gasteiger partial charge in [0, 0.05) is 11.6 Å². The van der Waals surface area contributed by atoms with Gasteiger partial charge in [0.05, 0.1) is 23.0 Å². The number of amides is 1. The van der Waals surface area contributed by atoms with Crippen LogP contribution in [0.15, 0.2) is 78.9 Å². The van der Waals surface area contributed by atoms with E-state index in [1.165, 1.54) is 6.08 Å². The molecule has 5 heteroatoms. The summed E-state index contributed by atoms with van der Waals surface area (Å²) in [6.07, 6.45) is 3.29. The Bertz CT molecular complexity index is 1120. The minimum atomic E-state index is -0.219. The number of fused-ring (bicyclic) bond motifs is 1. The van der Waals surface area contributed by atoms with Gasteiger partial charge in [-0.25, -0.2) is 4.98 Å². The number of thiazole rings is 1. The van der Waals surface area contributed by atoms with E-state index in [0.717, 1.165) is 26.4 Å². The van der Waals surface area contributed by atoms with Crippen molar-refractivity contribution in [2.24, 2.45) is 0 Å². The van der Waals surface area contributed by atoms with E-state index in [9.17, 15) is 4.79 Å². The molecule has 0 fully saturated rings. The van der Waals surface area contributed by atoms with Crippen LogP contribution in [0.4, 0.5) is 5.69 Å². The smallest absolute Gasteiger partial charge is 0.248 e. The highest BCUT2D eigenvalue weighted by Crippen LogP contribution is 2.34. The molecule has 0 aliphatic heterocycles. The van der Waals surface area contributed by atoms with Crippen molar-refractivity contribution in [3.63, 3.8) is 0 Å². The maximum absolute atomic E-state index is 12.4. The minimum Gasteiger partial charge on any atom is -0.495 e. The maximum atomic E-state index is 12.4. The molecule has 138 valence electrons. The summed E-state index contributed by atoms with van der Waals surface area (Å²) in [5.41, 5.74) is 3.48. The number of ether oxygens (including phenoxy) is 1. The summed E-state index contributed by atoms with van der Waals surface area (Å²) in [5, 5.41) is 3.80. The van der Waals surface area contributed by atoms with Crippen LogP contribution in [0.2, 0.25) is 0 Å². The van der Waals surface area contributed by atoms with Crippen LogP contribution in [0.3, 0.4) is 0 Å². The molecule has 4 aromatic rings. The molecule has 4 rings (SSSR count). The molecule has 1 heterocycles. The molecule has 0 unspecified atom stereocenters. The van der Waals surface area contributed by atoms with Crippen molar-refractivity contribution in [1.29, 1.82) is 0 Å². The molecule has 0 saturated carbocycles. The van der Waals surface area contributed by atoms with E-state index in [1.807, 2.05) is 66.7 Å². The molecule has 0 aliphatic carbocycles. The summed E-state index contributed by atoms with van der Waals surface area (Å²) < 4.78 is 6.53. The van der Waals surface area contributed by atoms with Gasteiger partial charge in [-0.3, -0.25) is 4.79 Å². The second kappa shape index (κ2) is 8.06. The SMILES string of the molecule is COc1ccc(-c2nc3ccccc3s2)cc1NC(=O)/C=C/c1ccccc1. The van der Waals surface area contributed by atoms with E-state index >= 15 is 0 Å². The lowest BCUT2D eigenvalue weighted by Crippen LogP contribution is -2.09. The third kappa shape index (κ3) is 3.94. The summed E-state index contributed by atoms with van der Waals surface area (Å²) in [7, 11) is 1.59. The lowest BCUT2D eigenvalue weighted by atomic mass is 10.2. The Morgan fingerprint density at radius 1 is 1.04 bits per heavy atom. The first-order valence-corrected chi connectivity index (χ1v) is 9.63. The van der Waals surface area contributed by atoms with Crippen LogP contribution in [0.1, 0.15) is 5.56 Å². The Hall–Kier alpha value is -3.44. The van der Waals surface area contributed by atoms with E-state index in [4.69, 9.17) is 4.74 Å². The lowest BCUT2D eigenvalue weighted by molar-refractivity contribution is -0.111. The van der Waals surface area contributed by atoms with Crippen molar-refractivity contribution >= 4 is 39.2 Å². The van der Waals surface area contributed by atoms with Gasteiger partial charge in [0.15, 0.2) is 0 Å². The molecule has 1 amide bonds. The van der Waals surface area contributed by atoms with E-state index in [-0.39, 0.29) is 5.91 Å². The Balaban J connectivity index is 1.60. The molecule has 3 aromatic carbocycles. The molecule has 28 heavy (non-hydrogen) atoms. The number of methoxy groups -OCH3 is 1. The van der Waals surface area contributed by atoms with Crippen molar-refractivity contribution in [3.8, 4) is 16.3 Å². The number of hydrogen-bond acceptors (Lipinski definition) is 4. The van der Waals surface area contributed by atoms with Crippen LogP contribution in [-0.4, -0.2) is 18.0 Å². The number of carbonyl (C=O) groups excluding carboxylic acids is 1. The normalized spacial score (nSPS) is 11.0. The summed E-state index contributed by atoms with van der Waals surface area (Å²) in [6, 6.07) is 23.4. The molecule has 4 nitrogen and oxygen atoms in total. The number of aromatic nitrogens is 1. The Kier molecular flexibility index (Phi) is 5.17. The summed E-state index contributed by atoms with van der Waals surface area (Å²) in [6.45, 7) is 0. The third-order valence-electron chi connectivity index (χ3n) is 4.22. The summed E-state index contributed by atoms with van der Waals surface area (Å²) in [4.78, 5) is 17.1. The van der Waals surface area contributed by atoms with Crippen molar-refractivity contribution in [3.05, 3.63) is 84.4 Å². The standard InChI is InChI=1S/C23H18N2O2S/c1-27-20-13-12-17(23-25-18-9-5-6-10-21(18)28-23)15-19(20)24-22(26)14-11-16-7-3-2-4-8-16/h2-15H,1H3,(H,24,26)/b14-11+. The number of benzene rings is 3. The van der Waals surface area contributed by atoms with Gasteiger partial charge in [-0.1, -0.05) is 42.5 Å². The van der Waals surface area contributed by atoms with Gasteiger partial charge in [0.25, 0.3) is 0 Å². The Morgan fingerprint density at radius 2 is 1.82 bits per heavy atom. The number of hydrogen-bond donors (Lipinski definition) is 1. The van der Waals surface area contributed by atoms with Crippen LogP contribution in [-0.2, 0) is 4.79 Å². The average molecular weight is 386 g/mol. The highest BCUT2D eigenvalue weighted by Gasteiger charge is 2.11. The first kappa shape index (κ1) is 17.9. The fourth-order valence-electron chi connectivity index (χ4n) is 2.84. The zero-order valence-electron chi connectivity index (χ0n) is 15.3. The van der Waals surface area contributed by atoms with Gasteiger partial charge in [-0.2, -0.15) is 0 Å². The summed E-state index contributed by atoms with van der Waals surface area (Å²) >= 11 is 1.62. The zero-order valence-corrected chi connectivity index (χ0v) is 16.1. The predicted octanol–water partition coefficient (Wildman–Crippen LogP) is 5.62. The Labute approximate surface area is 167 Å². The first-order chi connectivity index (χ1) is 13.7. The molecular formula is C23H18N2O2S. The molecule has 0 radical (unpaired) electrons.